The molecule has 7 heteroatoms. The highest BCUT2D eigenvalue weighted by molar-refractivity contribution is 5.85. The number of halogens is 2. The second-order valence-electron chi connectivity index (χ2n) is 7.70. The van der Waals surface area contributed by atoms with Gasteiger partial charge in [-0.25, -0.2) is 4.39 Å². The second kappa shape index (κ2) is 12.0. The van der Waals surface area contributed by atoms with Gasteiger partial charge in [0.05, 0.1) is 19.3 Å². The average molecular weight is 436 g/mol. The molecule has 0 bridgehead atoms. The number of nitrogens with zero attached hydrogens (tertiary/aromatic N) is 1. The van der Waals surface area contributed by atoms with Crippen molar-refractivity contribution in [3.05, 3.63) is 71.0 Å². The molecule has 1 saturated heterocycles. The molecule has 1 heterocycles. The minimum Gasteiger partial charge on any atom is -0.374 e. The predicted molar refractivity (Wildman–Crippen MR) is 119 cm³/mol. The molecule has 0 spiro atoms. The van der Waals surface area contributed by atoms with Crippen molar-refractivity contribution < 1.29 is 13.9 Å². The van der Waals surface area contributed by atoms with Crippen LogP contribution in [0.1, 0.15) is 36.6 Å². The highest BCUT2D eigenvalue weighted by Gasteiger charge is 2.25. The minimum atomic E-state index is -0.251. The Bertz CT molecular complexity index is 819. The Hall–Kier alpha value is -1.99. The van der Waals surface area contributed by atoms with Crippen molar-refractivity contribution in [1.29, 1.82) is 0 Å². The van der Waals surface area contributed by atoms with E-state index in [1.54, 1.807) is 12.1 Å². The summed E-state index contributed by atoms with van der Waals surface area (Å²) in [4.78, 5) is 14.7. The summed E-state index contributed by atoms with van der Waals surface area (Å²) in [6.07, 6.45) is 0.184. The molecule has 1 atom stereocenters. The van der Waals surface area contributed by atoms with Gasteiger partial charge in [0.1, 0.15) is 5.82 Å². The molecule has 2 aromatic rings. The lowest BCUT2D eigenvalue weighted by Gasteiger charge is -2.36. The zero-order chi connectivity index (χ0) is 20.6. The van der Waals surface area contributed by atoms with Gasteiger partial charge < -0.3 is 15.4 Å². The van der Waals surface area contributed by atoms with E-state index in [0.717, 1.165) is 29.8 Å². The van der Waals surface area contributed by atoms with Crippen LogP contribution in [0.5, 0.6) is 0 Å². The maximum Gasteiger partial charge on any atom is 0.234 e. The Balaban J connectivity index is 0.00000320. The number of rotatable bonds is 8. The van der Waals surface area contributed by atoms with Gasteiger partial charge in [0, 0.05) is 32.2 Å². The van der Waals surface area contributed by atoms with Gasteiger partial charge in [0.25, 0.3) is 0 Å². The molecular weight excluding hydrogens is 405 g/mol. The standard InChI is InChI=1S/C23H30FN3O2.ClH/c1-17(2)29-16-19-6-3-5-18(11-19)13-26-23(28)15-27-10-9-25-14-22(27)20-7-4-8-21(24)12-20;/h3-8,11-12,17,22,25H,9-10,13-16H2,1-2H3,(H,26,28);1H. The molecule has 1 fully saturated rings. The second-order valence-corrected chi connectivity index (χ2v) is 7.70. The van der Waals surface area contributed by atoms with Crippen molar-refractivity contribution >= 4 is 18.3 Å². The zero-order valence-electron chi connectivity index (χ0n) is 17.6. The molecule has 0 aromatic heterocycles. The molecule has 2 aromatic carbocycles. The van der Waals surface area contributed by atoms with Crippen molar-refractivity contribution in [2.24, 2.45) is 0 Å². The number of nitrogens with one attached hydrogen (secondary N) is 2. The molecule has 2 N–H and O–H groups in total. The van der Waals surface area contributed by atoms with Gasteiger partial charge in [-0.05, 0) is 42.7 Å². The van der Waals surface area contributed by atoms with Gasteiger partial charge >= 0.3 is 0 Å². The van der Waals surface area contributed by atoms with Crippen LogP contribution in [0.2, 0.25) is 0 Å². The van der Waals surface area contributed by atoms with E-state index in [-0.39, 0.29) is 36.3 Å². The van der Waals surface area contributed by atoms with Crippen molar-refractivity contribution in [2.45, 2.75) is 39.1 Å². The zero-order valence-corrected chi connectivity index (χ0v) is 18.4. The molecule has 1 amide bonds. The summed E-state index contributed by atoms with van der Waals surface area (Å²) in [6, 6.07) is 14.7. The van der Waals surface area contributed by atoms with Crippen molar-refractivity contribution in [2.75, 3.05) is 26.2 Å². The molecule has 30 heavy (non-hydrogen) atoms. The summed E-state index contributed by atoms with van der Waals surface area (Å²) < 4.78 is 19.3. The first-order valence-electron chi connectivity index (χ1n) is 10.2. The first kappa shape index (κ1) is 24.3. The van der Waals surface area contributed by atoms with Crippen LogP contribution in [0.4, 0.5) is 4.39 Å². The third-order valence-electron chi connectivity index (χ3n) is 5.00. The molecule has 1 aliphatic rings. The number of carbonyl (C=O) groups is 1. The first-order chi connectivity index (χ1) is 14.0. The Kier molecular flexibility index (Phi) is 9.72. The Morgan fingerprint density at radius 2 is 2.00 bits per heavy atom. The van der Waals surface area contributed by atoms with E-state index in [2.05, 4.69) is 21.6 Å². The van der Waals surface area contributed by atoms with E-state index in [9.17, 15) is 9.18 Å². The van der Waals surface area contributed by atoms with E-state index < -0.39 is 0 Å². The topological polar surface area (TPSA) is 53.6 Å². The van der Waals surface area contributed by atoms with E-state index in [0.29, 0.717) is 26.2 Å². The van der Waals surface area contributed by atoms with Crippen LogP contribution in [-0.2, 0) is 22.7 Å². The van der Waals surface area contributed by atoms with Crippen LogP contribution in [0, 0.1) is 5.82 Å². The average Bonchev–Trinajstić information content (AvgIpc) is 2.71. The molecule has 1 aliphatic heterocycles. The number of ether oxygens (including phenoxy) is 1. The Labute approximate surface area is 184 Å². The molecular formula is C23H31ClFN3O2. The molecule has 0 aliphatic carbocycles. The van der Waals surface area contributed by atoms with Crippen LogP contribution in [0.3, 0.4) is 0 Å². The Morgan fingerprint density at radius 1 is 1.23 bits per heavy atom. The number of benzene rings is 2. The van der Waals surface area contributed by atoms with Crippen molar-refractivity contribution in [1.82, 2.24) is 15.5 Å². The highest BCUT2D eigenvalue weighted by atomic mass is 35.5. The number of carbonyl (C=O) groups excluding carboxylic acids is 1. The van der Waals surface area contributed by atoms with Crippen LogP contribution < -0.4 is 10.6 Å². The minimum absolute atomic E-state index is 0. The van der Waals surface area contributed by atoms with E-state index in [4.69, 9.17) is 4.74 Å². The van der Waals surface area contributed by atoms with Crippen molar-refractivity contribution in [3.8, 4) is 0 Å². The van der Waals surface area contributed by atoms with Gasteiger partial charge in [0.15, 0.2) is 0 Å². The predicted octanol–water partition coefficient (Wildman–Crippen LogP) is 3.44. The van der Waals surface area contributed by atoms with Crippen LogP contribution in [0.25, 0.3) is 0 Å². The number of piperazine rings is 1. The summed E-state index contributed by atoms with van der Waals surface area (Å²) in [5.41, 5.74) is 3.03. The third-order valence-corrected chi connectivity index (χ3v) is 5.00. The lowest BCUT2D eigenvalue weighted by atomic mass is 10.0. The summed E-state index contributed by atoms with van der Waals surface area (Å²) >= 11 is 0. The fourth-order valence-electron chi connectivity index (χ4n) is 3.51. The third kappa shape index (κ3) is 7.36. The fourth-order valence-corrected chi connectivity index (χ4v) is 3.51. The van der Waals surface area contributed by atoms with E-state index in [1.165, 1.54) is 6.07 Å². The summed E-state index contributed by atoms with van der Waals surface area (Å²) in [7, 11) is 0. The molecule has 1 unspecified atom stereocenters. The number of hydrogen-bond donors (Lipinski definition) is 2. The molecule has 3 rings (SSSR count). The normalized spacial score (nSPS) is 16.9. The van der Waals surface area contributed by atoms with Gasteiger partial charge in [0.2, 0.25) is 5.91 Å². The maximum absolute atomic E-state index is 13.6. The molecule has 0 saturated carbocycles. The number of amides is 1. The summed E-state index contributed by atoms with van der Waals surface area (Å²) in [5.74, 6) is -0.282. The fraction of sp³-hybridized carbons (Fsp3) is 0.435. The smallest absolute Gasteiger partial charge is 0.234 e. The monoisotopic (exact) mass is 435 g/mol. The molecule has 0 radical (unpaired) electrons. The van der Waals surface area contributed by atoms with Crippen molar-refractivity contribution in [3.63, 3.8) is 0 Å². The summed E-state index contributed by atoms with van der Waals surface area (Å²) in [5, 5.41) is 6.34. The molecule has 164 valence electrons. The van der Waals surface area contributed by atoms with Crippen LogP contribution >= 0.6 is 12.4 Å². The highest BCUT2D eigenvalue weighted by Crippen LogP contribution is 2.22. The summed E-state index contributed by atoms with van der Waals surface area (Å²) in [6.45, 7) is 7.62. The van der Waals surface area contributed by atoms with Crippen LogP contribution in [-0.4, -0.2) is 43.1 Å². The quantitative estimate of drug-likeness (QED) is 0.667. The van der Waals surface area contributed by atoms with Gasteiger partial charge in [-0.1, -0.05) is 36.4 Å². The van der Waals surface area contributed by atoms with E-state index >= 15 is 0 Å². The molecule has 5 nitrogen and oxygen atoms in total. The largest absolute Gasteiger partial charge is 0.374 e. The first-order valence-corrected chi connectivity index (χ1v) is 10.2. The Morgan fingerprint density at radius 3 is 2.77 bits per heavy atom. The SMILES string of the molecule is CC(C)OCc1cccc(CNC(=O)CN2CCNCC2c2cccc(F)c2)c1.Cl. The van der Waals surface area contributed by atoms with Gasteiger partial charge in [-0.15, -0.1) is 12.4 Å². The lowest BCUT2D eigenvalue weighted by molar-refractivity contribution is -0.123. The van der Waals surface area contributed by atoms with Crippen LogP contribution in [0.15, 0.2) is 48.5 Å². The lowest BCUT2D eigenvalue weighted by Crippen LogP contribution is -2.49. The maximum atomic E-state index is 13.6. The van der Waals surface area contributed by atoms with E-state index in [1.807, 2.05) is 38.1 Å². The van der Waals surface area contributed by atoms with Gasteiger partial charge in [-0.3, -0.25) is 9.69 Å². The number of hydrogen-bond acceptors (Lipinski definition) is 4. The van der Waals surface area contributed by atoms with Gasteiger partial charge in [-0.2, -0.15) is 0 Å².